The van der Waals surface area contributed by atoms with E-state index in [-0.39, 0.29) is 11.7 Å². The Morgan fingerprint density at radius 1 is 1.08 bits per heavy atom. The number of halogens is 1. The summed E-state index contributed by atoms with van der Waals surface area (Å²) in [5, 5.41) is 3.36. The molecule has 0 fully saturated rings. The largest absolute Gasteiger partial charge is 0.294 e. The molecule has 0 radical (unpaired) electrons. The zero-order valence-corrected chi connectivity index (χ0v) is 15.0. The summed E-state index contributed by atoms with van der Waals surface area (Å²) >= 11 is 1.37. The quantitative estimate of drug-likeness (QED) is 0.714. The molecule has 0 spiro atoms. The Morgan fingerprint density at radius 3 is 2.54 bits per heavy atom. The zero-order chi connectivity index (χ0) is 18.1. The van der Waals surface area contributed by atoms with E-state index >= 15 is 0 Å². The summed E-state index contributed by atoms with van der Waals surface area (Å²) in [6.45, 7) is 2.02. The first-order chi connectivity index (χ1) is 12.6. The average Bonchev–Trinajstić information content (AvgIpc) is 3.32. The van der Waals surface area contributed by atoms with Gasteiger partial charge >= 0.3 is 0 Å². The van der Waals surface area contributed by atoms with Gasteiger partial charge in [0.2, 0.25) is 0 Å². The molecule has 0 aliphatic carbocycles. The van der Waals surface area contributed by atoms with Crippen molar-refractivity contribution in [3.63, 3.8) is 0 Å². The molecule has 3 aromatic rings. The van der Waals surface area contributed by atoms with E-state index in [2.05, 4.69) is 5.43 Å². The second-order valence-electron chi connectivity index (χ2n) is 6.18. The van der Waals surface area contributed by atoms with Crippen molar-refractivity contribution in [2.75, 3.05) is 0 Å². The second kappa shape index (κ2) is 6.77. The number of carbonyl (C=O) groups excluding carboxylic acids is 1. The second-order valence-corrected chi connectivity index (χ2v) is 7.12. The van der Waals surface area contributed by atoms with E-state index < -0.39 is 6.04 Å². The first-order valence-electron chi connectivity index (χ1n) is 8.30. The number of aryl methyl sites for hydroxylation is 1. The predicted octanol–water partition coefficient (Wildman–Crippen LogP) is 4.94. The predicted molar refractivity (Wildman–Crippen MR) is 102 cm³/mol. The minimum Gasteiger partial charge on any atom is -0.294 e. The number of benzene rings is 2. The van der Waals surface area contributed by atoms with Gasteiger partial charge in [0.05, 0.1) is 10.6 Å². The van der Waals surface area contributed by atoms with Crippen LogP contribution in [0.2, 0.25) is 0 Å². The molecule has 0 bridgehead atoms. The van der Waals surface area contributed by atoms with Crippen molar-refractivity contribution in [1.29, 1.82) is 0 Å². The Balaban J connectivity index is 1.75. The van der Waals surface area contributed by atoms with Crippen LogP contribution in [0.5, 0.6) is 0 Å². The van der Waals surface area contributed by atoms with E-state index in [9.17, 15) is 9.18 Å². The Bertz CT molecular complexity index is 964. The molecule has 1 aliphatic heterocycles. The van der Waals surface area contributed by atoms with Crippen molar-refractivity contribution in [2.45, 2.75) is 13.0 Å². The molecule has 1 N–H and O–H groups in total. The van der Waals surface area contributed by atoms with Gasteiger partial charge in [0.25, 0.3) is 5.91 Å². The average molecular weight is 364 g/mol. The van der Waals surface area contributed by atoms with Crippen molar-refractivity contribution >= 4 is 22.9 Å². The van der Waals surface area contributed by atoms with E-state index in [0.717, 1.165) is 16.8 Å². The fourth-order valence-corrected chi connectivity index (χ4v) is 3.66. The topological polar surface area (TPSA) is 32.3 Å². The lowest BCUT2D eigenvalue weighted by Crippen LogP contribution is -2.39. The first-order valence-corrected chi connectivity index (χ1v) is 9.18. The van der Waals surface area contributed by atoms with E-state index in [0.29, 0.717) is 10.4 Å². The van der Waals surface area contributed by atoms with Crippen LogP contribution in [0.15, 0.2) is 72.1 Å². The summed E-state index contributed by atoms with van der Waals surface area (Å²) in [6.07, 6.45) is 1.90. The van der Waals surface area contributed by atoms with Crippen LogP contribution in [-0.4, -0.2) is 10.9 Å². The molecule has 0 saturated carbocycles. The molecule has 1 aromatic heterocycles. The van der Waals surface area contributed by atoms with Gasteiger partial charge < -0.3 is 0 Å². The number of nitrogens with zero attached hydrogens (tertiary/aromatic N) is 1. The zero-order valence-electron chi connectivity index (χ0n) is 14.1. The highest BCUT2D eigenvalue weighted by Gasteiger charge is 2.33. The van der Waals surface area contributed by atoms with Crippen molar-refractivity contribution < 1.29 is 9.18 Å². The number of thiophene rings is 1. The molecule has 1 aliphatic rings. The summed E-state index contributed by atoms with van der Waals surface area (Å²) in [7, 11) is 0. The number of hydrogen-bond donors (Lipinski definition) is 1. The van der Waals surface area contributed by atoms with Crippen molar-refractivity contribution in [2.24, 2.45) is 0 Å². The molecule has 2 aromatic carbocycles. The van der Waals surface area contributed by atoms with Gasteiger partial charge in [-0.3, -0.25) is 10.2 Å². The van der Waals surface area contributed by atoms with Gasteiger partial charge in [0.15, 0.2) is 0 Å². The van der Waals surface area contributed by atoms with Crippen LogP contribution >= 0.6 is 11.3 Å². The molecule has 3 nitrogen and oxygen atoms in total. The smallest absolute Gasteiger partial charge is 0.283 e. The summed E-state index contributed by atoms with van der Waals surface area (Å²) in [5.74, 6) is -0.503. The monoisotopic (exact) mass is 364 g/mol. The van der Waals surface area contributed by atoms with E-state index in [1.165, 1.54) is 22.4 Å². The fraction of sp³-hybridized carbons (Fsp3) is 0.0952. The lowest BCUT2D eigenvalue weighted by Gasteiger charge is -2.25. The lowest BCUT2D eigenvalue weighted by molar-refractivity contribution is 0.0675. The SMILES string of the molecule is Cc1ccc(C2=C[C@H](c3ccccc3F)N(C(=O)c3cccs3)N2)cc1. The number of nitrogens with one attached hydrogen (secondary N) is 1. The molecule has 0 saturated heterocycles. The Hall–Kier alpha value is -2.92. The molecular formula is C21H17FN2OS. The van der Waals surface area contributed by atoms with Crippen molar-refractivity contribution in [3.05, 3.63) is 99.5 Å². The van der Waals surface area contributed by atoms with Crippen molar-refractivity contribution in [3.8, 4) is 0 Å². The molecule has 1 atom stereocenters. The molecule has 1 amide bonds. The molecule has 2 heterocycles. The number of amides is 1. The van der Waals surface area contributed by atoms with Crippen LogP contribution in [-0.2, 0) is 0 Å². The highest BCUT2D eigenvalue weighted by Crippen LogP contribution is 2.34. The molecule has 130 valence electrons. The summed E-state index contributed by atoms with van der Waals surface area (Å²) < 4.78 is 14.4. The van der Waals surface area contributed by atoms with E-state index in [1.54, 1.807) is 24.3 Å². The Morgan fingerprint density at radius 2 is 1.85 bits per heavy atom. The molecule has 0 unspecified atom stereocenters. The first kappa shape index (κ1) is 16.5. The lowest BCUT2D eigenvalue weighted by atomic mass is 10.0. The summed E-state index contributed by atoms with van der Waals surface area (Å²) in [6, 6.07) is 17.7. The normalized spacial score (nSPS) is 16.3. The van der Waals surface area contributed by atoms with Crippen LogP contribution < -0.4 is 5.43 Å². The van der Waals surface area contributed by atoms with Gasteiger partial charge in [-0.2, -0.15) is 0 Å². The summed E-state index contributed by atoms with van der Waals surface area (Å²) in [5.41, 5.74) is 6.55. The van der Waals surface area contributed by atoms with Gasteiger partial charge in [0, 0.05) is 5.56 Å². The summed E-state index contributed by atoms with van der Waals surface area (Å²) in [4.78, 5) is 13.6. The van der Waals surface area contributed by atoms with E-state index in [4.69, 9.17) is 0 Å². The highest BCUT2D eigenvalue weighted by atomic mass is 32.1. The van der Waals surface area contributed by atoms with Gasteiger partial charge in [-0.25, -0.2) is 9.40 Å². The fourth-order valence-electron chi connectivity index (χ4n) is 3.00. The van der Waals surface area contributed by atoms with Crippen LogP contribution in [0.3, 0.4) is 0 Å². The minimum atomic E-state index is -0.512. The van der Waals surface area contributed by atoms with Gasteiger partial charge in [0.1, 0.15) is 11.9 Å². The standard InChI is InChI=1S/C21H17FN2OS/c1-14-8-10-15(11-9-14)18-13-19(16-5-2-3-6-17(16)22)24(23-18)21(25)20-7-4-12-26-20/h2-13,19,23H,1H3/t19-/m1/s1. The van der Waals surface area contributed by atoms with Crippen molar-refractivity contribution in [1.82, 2.24) is 10.4 Å². The maximum Gasteiger partial charge on any atom is 0.283 e. The van der Waals surface area contributed by atoms with Crippen LogP contribution in [0.1, 0.15) is 32.4 Å². The Kier molecular flexibility index (Phi) is 4.31. The van der Waals surface area contributed by atoms with Gasteiger partial charge in [-0.1, -0.05) is 54.1 Å². The molecule has 4 rings (SSSR count). The third-order valence-corrected chi connectivity index (χ3v) is 5.24. The molecule has 26 heavy (non-hydrogen) atoms. The maximum atomic E-state index is 14.4. The third-order valence-electron chi connectivity index (χ3n) is 4.38. The van der Waals surface area contributed by atoms with Crippen LogP contribution in [0.4, 0.5) is 4.39 Å². The van der Waals surface area contributed by atoms with Crippen LogP contribution in [0, 0.1) is 12.7 Å². The van der Waals surface area contributed by atoms with Gasteiger partial charge in [-0.15, -0.1) is 11.3 Å². The number of hydrogen-bond acceptors (Lipinski definition) is 3. The number of rotatable bonds is 3. The number of hydrazine groups is 1. The van der Waals surface area contributed by atoms with Crippen LogP contribution in [0.25, 0.3) is 5.70 Å². The van der Waals surface area contributed by atoms with Gasteiger partial charge in [-0.05, 0) is 36.1 Å². The maximum absolute atomic E-state index is 14.4. The number of carbonyl (C=O) groups is 1. The van der Waals surface area contributed by atoms with E-state index in [1.807, 2.05) is 48.7 Å². The highest BCUT2D eigenvalue weighted by molar-refractivity contribution is 7.12. The molecule has 5 heteroatoms. The molecular weight excluding hydrogens is 347 g/mol. The Labute approximate surface area is 155 Å². The minimum absolute atomic E-state index is 0.174. The third kappa shape index (κ3) is 3.02.